The number of furan rings is 1. The van der Waals surface area contributed by atoms with Gasteiger partial charge in [0.1, 0.15) is 11.2 Å². The summed E-state index contributed by atoms with van der Waals surface area (Å²) in [6.45, 7) is 0. The molecule has 0 unspecified atom stereocenters. The van der Waals surface area contributed by atoms with Crippen molar-refractivity contribution in [2.45, 2.75) is 0 Å². The minimum atomic E-state index is 0.149. The zero-order valence-corrected chi connectivity index (χ0v) is 24.0. The lowest BCUT2D eigenvalue weighted by atomic mass is 9.86. The Morgan fingerprint density at radius 3 is 1.64 bits per heavy atom. The van der Waals surface area contributed by atoms with E-state index in [0.717, 1.165) is 21.9 Å². The van der Waals surface area contributed by atoms with E-state index < -0.39 is 0 Å². The van der Waals surface area contributed by atoms with Gasteiger partial charge < -0.3 is 4.42 Å². The molecule has 0 fully saturated rings. The first-order valence-electron chi connectivity index (χ1n) is 18.8. The fraction of sp³-hybridized carbons (Fsp3) is 0. The molecule has 0 saturated carbocycles. The van der Waals surface area contributed by atoms with Gasteiger partial charge in [-0.3, -0.25) is 0 Å². The van der Waals surface area contributed by atoms with E-state index in [1.807, 2.05) is 66.7 Å². The Morgan fingerprint density at radius 1 is 0.333 bits per heavy atom. The SMILES string of the molecule is [2H]c1ccc([2H])c(-c2cc([2H])c(-c3ccc4c(c3)oc3ccc(-c5c6c([2H])ccc([2H])c6c(-c6ccccc6)c6c([2H])ccc([2H])c56)cc34)cc2[2H])c1. The van der Waals surface area contributed by atoms with Gasteiger partial charge in [0.15, 0.2) is 0 Å². The number of benzene rings is 8. The van der Waals surface area contributed by atoms with Crippen molar-refractivity contribution in [2.24, 2.45) is 0 Å². The molecule has 1 aromatic heterocycles. The van der Waals surface area contributed by atoms with Gasteiger partial charge >= 0.3 is 0 Å². The van der Waals surface area contributed by atoms with Crippen molar-refractivity contribution in [1.29, 1.82) is 0 Å². The van der Waals surface area contributed by atoms with Crippen LogP contribution in [0.15, 0.2) is 174 Å². The predicted octanol–water partition coefficient (Wildman–Crippen LogP) is 12.6. The van der Waals surface area contributed by atoms with Crippen molar-refractivity contribution >= 4 is 43.5 Å². The van der Waals surface area contributed by atoms with Gasteiger partial charge in [-0.05, 0) is 90.3 Å². The van der Waals surface area contributed by atoms with Crippen molar-refractivity contribution in [2.75, 3.05) is 0 Å². The minimum absolute atomic E-state index is 0.149. The fourth-order valence-corrected chi connectivity index (χ4v) is 6.32. The molecule has 1 nitrogen and oxygen atoms in total. The van der Waals surface area contributed by atoms with Gasteiger partial charge in [-0.1, -0.05) is 145 Å². The Bertz CT molecular complexity index is 2920. The summed E-state index contributed by atoms with van der Waals surface area (Å²) in [5, 5.41) is 3.83. The largest absolute Gasteiger partial charge is 0.456 e. The second-order valence-corrected chi connectivity index (χ2v) is 11.0. The molecular formula is C44H28O. The molecule has 45 heavy (non-hydrogen) atoms. The number of hydrogen-bond acceptors (Lipinski definition) is 1. The quantitative estimate of drug-likeness (QED) is 0.189. The van der Waals surface area contributed by atoms with Crippen molar-refractivity contribution in [3.63, 3.8) is 0 Å². The van der Waals surface area contributed by atoms with E-state index in [2.05, 4.69) is 0 Å². The maximum atomic E-state index is 9.14. The molecule has 0 atom stereocenters. The average molecular weight is 581 g/mol. The van der Waals surface area contributed by atoms with E-state index in [0.29, 0.717) is 66.1 Å². The highest BCUT2D eigenvalue weighted by atomic mass is 16.3. The van der Waals surface area contributed by atoms with E-state index >= 15 is 0 Å². The summed E-state index contributed by atoms with van der Waals surface area (Å²) in [6, 6.07) is 36.9. The predicted molar refractivity (Wildman–Crippen MR) is 190 cm³/mol. The summed E-state index contributed by atoms with van der Waals surface area (Å²) in [5.41, 5.74) is 6.12. The summed E-state index contributed by atoms with van der Waals surface area (Å²) in [7, 11) is 0. The van der Waals surface area contributed by atoms with E-state index in [9.17, 15) is 0 Å². The molecule has 0 aliphatic heterocycles. The van der Waals surface area contributed by atoms with Gasteiger partial charge in [0.05, 0.1) is 11.0 Å². The molecule has 0 amide bonds. The third kappa shape index (κ3) is 4.24. The van der Waals surface area contributed by atoms with Crippen LogP contribution in [0.5, 0.6) is 0 Å². The van der Waals surface area contributed by atoms with Gasteiger partial charge in [-0.2, -0.15) is 0 Å². The summed E-state index contributed by atoms with van der Waals surface area (Å²) < 4.78 is 76.6. The van der Waals surface area contributed by atoms with E-state index in [4.69, 9.17) is 15.4 Å². The highest BCUT2D eigenvalue weighted by molar-refractivity contribution is 6.22. The van der Waals surface area contributed by atoms with Crippen LogP contribution in [0.1, 0.15) is 11.0 Å². The lowest BCUT2D eigenvalue weighted by molar-refractivity contribution is 0.669. The van der Waals surface area contributed by atoms with Gasteiger partial charge in [-0.15, -0.1) is 0 Å². The van der Waals surface area contributed by atoms with Crippen molar-refractivity contribution in [1.82, 2.24) is 0 Å². The molecule has 0 aliphatic rings. The molecule has 1 heteroatoms. The summed E-state index contributed by atoms with van der Waals surface area (Å²) in [4.78, 5) is 0. The van der Waals surface area contributed by atoms with Crippen molar-refractivity contribution < 1.29 is 15.4 Å². The molecule has 0 N–H and O–H groups in total. The topological polar surface area (TPSA) is 13.1 Å². The molecule has 1 heterocycles. The van der Waals surface area contributed by atoms with Crippen LogP contribution in [0, 0.1) is 0 Å². The third-order valence-corrected chi connectivity index (χ3v) is 8.39. The first kappa shape index (κ1) is 18.7. The van der Waals surface area contributed by atoms with Crippen LogP contribution in [0.2, 0.25) is 0 Å². The zero-order chi connectivity index (χ0) is 36.7. The van der Waals surface area contributed by atoms with Crippen LogP contribution in [-0.4, -0.2) is 0 Å². The first-order chi connectivity index (χ1) is 25.6. The van der Waals surface area contributed by atoms with Crippen molar-refractivity contribution in [3.05, 3.63) is 170 Å². The molecule has 0 aliphatic carbocycles. The molecule has 0 spiro atoms. The maximum Gasteiger partial charge on any atom is 0.136 e. The van der Waals surface area contributed by atoms with Crippen LogP contribution in [0.3, 0.4) is 0 Å². The second kappa shape index (κ2) is 10.4. The second-order valence-electron chi connectivity index (χ2n) is 11.0. The van der Waals surface area contributed by atoms with Crippen LogP contribution in [0.4, 0.5) is 0 Å². The van der Waals surface area contributed by atoms with Gasteiger partial charge in [0, 0.05) is 10.8 Å². The molecule has 8 aromatic carbocycles. The van der Waals surface area contributed by atoms with E-state index in [1.165, 1.54) is 12.1 Å². The molecule has 9 aromatic rings. The Morgan fingerprint density at radius 2 is 0.933 bits per heavy atom. The standard InChI is InChI=1S/C44H28O/c1-3-11-29(12-4-1)30-19-21-31(22-20-30)33-23-25-35-40-27-34(24-26-41(40)45-42(35)28-33)44-38-17-9-7-15-36(38)43(32-13-5-2-6-14-32)37-16-8-10-18-39(37)44/h1-28H/i3D,12D,15D,16D,17D,18D,19D,22D. The zero-order valence-electron chi connectivity index (χ0n) is 32.0. The molecular weight excluding hydrogens is 544 g/mol. The third-order valence-electron chi connectivity index (χ3n) is 8.39. The number of hydrogen-bond donors (Lipinski definition) is 0. The normalized spacial score (nSPS) is 14.0. The lowest BCUT2D eigenvalue weighted by Crippen LogP contribution is -1.90. The van der Waals surface area contributed by atoms with Gasteiger partial charge in [0.25, 0.3) is 0 Å². The lowest BCUT2D eigenvalue weighted by Gasteiger charge is -2.17. The molecule has 9 rings (SSSR count). The van der Waals surface area contributed by atoms with Gasteiger partial charge in [-0.25, -0.2) is 0 Å². The summed E-state index contributed by atoms with van der Waals surface area (Å²) in [5.74, 6) is 0. The number of fused-ring (bicyclic) bond motifs is 5. The molecule has 0 radical (unpaired) electrons. The van der Waals surface area contributed by atoms with Gasteiger partial charge in [0.2, 0.25) is 0 Å². The smallest absolute Gasteiger partial charge is 0.136 e. The Hall–Kier alpha value is -5.92. The molecule has 210 valence electrons. The summed E-state index contributed by atoms with van der Waals surface area (Å²) >= 11 is 0. The van der Waals surface area contributed by atoms with E-state index in [-0.39, 0.29) is 48.3 Å². The van der Waals surface area contributed by atoms with Crippen LogP contribution in [0.25, 0.3) is 88.0 Å². The maximum absolute atomic E-state index is 9.14. The Labute approximate surface area is 272 Å². The minimum Gasteiger partial charge on any atom is -0.456 e. The average Bonchev–Trinajstić information content (AvgIpc) is 3.53. The van der Waals surface area contributed by atoms with Crippen molar-refractivity contribution in [3.8, 4) is 44.5 Å². The number of rotatable bonds is 4. The Kier molecular flexibility index (Phi) is 4.30. The van der Waals surface area contributed by atoms with Crippen LogP contribution >= 0.6 is 0 Å². The summed E-state index contributed by atoms with van der Waals surface area (Å²) in [6.07, 6.45) is 0. The highest BCUT2D eigenvalue weighted by Gasteiger charge is 2.18. The molecule has 0 bridgehead atoms. The fourth-order valence-electron chi connectivity index (χ4n) is 6.32. The first-order valence-corrected chi connectivity index (χ1v) is 14.8. The van der Waals surface area contributed by atoms with Crippen LogP contribution < -0.4 is 0 Å². The molecule has 0 saturated heterocycles. The van der Waals surface area contributed by atoms with E-state index in [1.54, 1.807) is 42.5 Å². The highest BCUT2D eigenvalue weighted by Crippen LogP contribution is 2.44. The Balaban J connectivity index is 1.25. The van der Waals surface area contributed by atoms with Crippen LogP contribution in [-0.2, 0) is 0 Å². The monoisotopic (exact) mass is 580 g/mol.